The van der Waals surface area contributed by atoms with Gasteiger partial charge in [0.15, 0.2) is 0 Å². The van der Waals surface area contributed by atoms with Crippen molar-refractivity contribution in [1.82, 2.24) is 14.9 Å². The Hall–Kier alpha value is -1.44. The smallest absolute Gasteiger partial charge is 0.407 e. The zero-order valence-electron chi connectivity index (χ0n) is 17.2. The molecule has 1 aromatic rings. The molecule has 0 radical (unpaired) electrons. The van der Waals surface area contributed by atoms with Crippen LogP contribution in [0.4, 0.5) is 4.79 Å². The van der Waals surface area contributed by atoms with E-state index in [9.17, 15) is 4.79 Å². The summed E-state index contributed by atoms with van der Waals surface area (Å²) in [5.41, 5.74) is -0.456. The van der Waals surface area contributed by atoms with Crippen molar-refractivity contribution in [3.63, 3.8) is 0 Å². The molecule has 1 amide bonds. The molecule has 28 heavy (non-hydrogen) atoms. The number of nitrogens with zero attached hydrogens (tertiary/aromatic N) is 1. The molecular weight excluding hydrogens is 374 g/mol. The molecule has 2 heterocycles. The average molecular weight is 408 g/mol. The van der Waals surface area contributed by atoms with Crippen LogP contribution in [0.3, 0.4) is 0 Å². The Morgan fingerprint density at radius 1 is 1.18 bits per heavy atom. The maximum Gasteiger partial charge on any atom is 0.407 e. The molecule has 0 atom stereocenters. The molecular formula is C21H33N3O3S. The van der Waals surface area contributed by atoms with Crippen LogP contribution in [0.2, 0.25) is 0 Å². The Morgan fingerprint density at radius 3 is 2.57 bits per heavy atom. The Morgan fingerprint density at radius 2 is 1.89 bits per heavy atom. The van der Waals surface area contributed by atoms with Crippen LogP contribution in [0.5, 0.6) is 5.75 Å². The van der Waals surface area contributed by atoms with Gasteiger partial charge in [-0.25, -0.2) is 9.10 Å². The second kappa shape index (κ2) is 9.85. The van der Waals surface area contributed by atoms with Gasteiger partial charge in [0, 0.05) is 24.0 Å². The quantitative estimate of drug-likeness (QED) is 0.724. The lowest BCUT2D eigenvalue weighted by Crippen LogP contribution is -2.44. The second-order valence-electron chi connectivity index (χ2n) is 8.48. The first-order valence-electron chi connectivity index (χ1n) is 10.3. The van der Waals surface area contributed by atoms with E-state index in [1.54, 1.807) is 11.9 Å². The molecule has 0 saturated carbocycles. The summed E-state index contributed by atoms with van der Waals surface area (Å²) in [5, 5.41) is 6.36. The molecule has 156 valence electrons. The lowest BCUT2D eigenvalue weighted by atomic mass is 10.1. The van der Waals surface area contributed by atoms with E-state index in [1.165, 1.54) is 4.90 Å². The van der Waals surface area contributed by atoms with Gasteiger partial charge in [-0.1, -0.05) is 6.07 Å². The predicted octanol–water partition coefficient (Wildman–Crippen LogP) is 3.81. The molecule has 1 aromatic carbocycles. The molecule has 7 heteroatoms. The second-order valence-corrected chi connectivity index (χ2v) is 9.65. The summed E-state index contributed by atoms with van der Waals surface area (Å²) in [5.74, 6) is 0.957. The molecule has 2 aliphatic rings. The highest BCUT2D eigenvalue weighted by Gasteiger charge is 2.24. The van der Waals surface area contributed by atoms with Crippen molar-refractivity contribution < 1.29 is 14.3 Å². The summed E-state index contributed by atoms with van der Waals surface area (Å²) in [4.78, 5) is 13.1. The first-order chi connectivity index (χ1) is 13.4. The maximum atomic E-state index is 11.9. The fourth-order valence-corrected chi connectivity index (χ4v) is 4.42. The van der Waals surface area contributed by atoms with E-state index in [1.807, 2.05) is 26.8 Å². The number of rotatable bonds is 5. The molecule has 2 fully saturated rings. The monoisotopic (exact) mass is 407 g/mol. The summed E-state index contributed by atoms with van der Waals surface area (Å²) in [6.45, 7) is 9.59. The molecule has 2 saturated heterocycles. The fourth-order valence-electron chi connectivity index (χ4n) is 3.42. The first-order valence-corrected chi connectivity index (χ1v) is 11.0. The van der Waals surface area contributed by atoms with E-state index in [2.05, 4.69) is 33.1 Å². The molecule has 0 bridgehead atoms. The molecule has 2 N–H and O–H groups in total. The van der Waals surface area contributed by atoms with Crippen molar-refractivity contribution in [3.05, 3.63) is 24.3 Å². The highest BCUT2D eigenvalue weighted by molar-refractivity contribution is 7.97. The van der Waals surface area contributed by atoms with Crippen LogP contribution in [-0.2, 0) is 4.74 Å². The SMILES string of the molecule is CC(C)(C)OC(=O)NC1CCN(Sc2cccc(OC3CCNCC3)c2)CC1. The zero-order chi connectivity index (χ0) is 20.0. The van der Waals surface area contributed by atoms with E-state index in [0.29, 0.717) is 6.10 Å². The number of nitrogens with one attached hydrogen (secondary N) is 2. The highest BCUT2D eigenvalue weighted by atomic mass is 32.2. The molecule has 0 unspecified atom stereocenters. The third-order valence-electron chi connectivity index (χ3n) is 4.80. The van der Waals surface area contributed by atoms with Gasteiger partial charge >= 0.3 is 6.09 Å². The fraction of sp³-hybridized carbons (Fsp3) is 0.667. The van der Waals surface area contributed by atoms with Crippen LogP contribution in [0.25, 0.3) is 0 Å². The standard InChI is InChI=1S/C21H33N3O3S/c1-21(2,3)27-20(25)23-16-9-13-24(14-10-16)28-19-6-4-5-18(15-19)26-17-7-11-22-12-8-17/h4-6,15-17,22H,7-14H2,1-3H3,(H,23,25). The van der Waals surface area contributed by atoms with Gasteiger partial charge in [-0.05, 0) is 89.7 Å². The predicted molar refractivity (Wildman–Crippen MR) is 113 cm³/mol. The van der Waals surface area contributed by atoms with Crippen molar-refractivity contribution in [2.75, 3.05) is 26.2 Å². The normalized spacial score (nSPS) is 20.0. The number of benzene rings is 1. The van der Waals surface area contributed by atoms with E-state index in [4.69, 9.17) is 9.47 Å². The molecule has 0 spiro atoms. The van der Waals surface area contributed by atoms with Crippen LogP contribution < -0.4 is 15.4 Å². The molecule has 0 aromatic heterocycles. The number of hydrogen-bond donors (Lipinski definition) is 2. The van der Waals surface area contributed by atoms with E-state index < -0.39 is 5.60 Å². The lowest BCUT2D eigenvalue weighted by molar-refractivity contribution is 0.0490. The van der Waals surface area contributed by atoms with Crippen molar-refractivity contribution in [2.24, 2.45) is 0 Å². The number of alkyl carbamates (subject to hydrolysis) is 1. The summed E-state index contributed by atoms with van der Waals surface area (Å²) in [6.07, 6.45) is 3.98. The summed E-state index contributed by atoms with van der Waals surface area (Å²) >= 11 is 1.77. The van der Waals surface area contributed by atoms with Crippen molar-refractivity contribution in [1.29, 1.82) is 0 Å². The zero-order valence-corrected chi connectivity index (χ0v) is 18.0. The van der Waals surface area contributed by atoms with Crippen LogP contribution in [0.1, 0.15) is 46.5 Å². The number of carbonyl (C=O) groups excluding carboxylic acids is 1. The van der Waals surface area contributed by atoms with Gasteiger partial charge in [-0.3, -0.25) is 0 Å². The Bertz CT molecular complexity index is 636. The largest absolute Gasteiger partial charge is 0.490 e. The number of ether oxygens (including phenoxy) is 2. The van der Waals surface area contributed by atoms with Crippen LogP contribution in [-0.4, -0.2) is 54.3 Å². The van der Waals surface area contributed by atoms with Gasteiger partial charge < -0.3 is 20.1 Å². The maximum absolute atomic E-state index is 11.9. The van der Waals surface area contributed by atoms with E-state index in [0.717, 1.165) is 57.6 Å². The van der Waals surface area contributed by atoms with Gasteiger partial charge in [-0.2, -0.15) is 0 Å². The van der Waals surface area contributed by atoms with Gasteiger partial charge in [0.05, 0.1) is 0 Å². The summed E-state index contributed by atoms with van der Waals surface area (Å²) in [6, 6.07) is 8.56. The number of amides is 1. The van der Waals surface area contributed by atoms with Crippen LogP contribution in [0.15, 0.2) is 29.2 Å². The van der Waals surface area contributed by atoms with Crippen LogP contribution in [0, 0.1) is 0 Å². The molecule has 3 rings (SSSR count). The van der Waals surface area contributed by atoms with Crippen molar-refractivity contribution in [3.8, 4) is 5.75 Å². The topological polar surface area (TPSA) is 62.8 Å². The van der Waals surface area contributed by atoms with Gasteiger partial charge in [0.25, 0.3) is 0 Å². The van der Waals surface area contributed by atoms with E-state index in [-0.39, 0.29) is 12.1 Å². The number of piperidine rings is 2. The number of carbonyl (C=O) groups is 1. The van der Waals surface area contributed by atoms with Crippen molar-refractivity contribution >= 4 is 18.0 Å². The third-order valence-corrected chi connectivity index (χ3v) is 5.89. The van der Waals surface area contributed by atoms with Crippen molar-refractivity contribution in [2.45, 2.75) is 69.1 Å². The Kier molecular flexibility index (Phi) is 7.48. The minimum absolute atomic E-state index is 0.182. The summed E-state index contributed by atoms with van der Waals surface area (Å²) in [7, 11) is 0. The molecule has 2 aliphatic heterocycles. The first kappa shape index (κ1) is 21.3. The minimum atomic E-state index is -0.456. The highest BCUT2D eigenvalue weighted by Crippen LogP contribution is 2.29. The Balaban J connectivity index is 1.43. The van der Waals surface area contributed by atoms with Gasteiger partial charge in [-0.15, -0.1) is 0 Å². The minimum Gasteiger partial charge on any atom is -0.490 e. The van der Waals surface area contributed by atoms with E-state index >= 15 is 0 Å². The molecule has 6 nitrogen and oxygen atoms in total. The molecule has 0 aliphatic carbocycles. The van der Waals surface area contributed by atoms with Gasteiger partial charge in [0.1, 0.15) is 17.5 Å². The Labute approximate surface area is 172 Å². The average Bonchev–Trinajstić information content (AvgIpc) is 2.63. The summed E-state index contributed by atoms with van der Waals surface area (Å²) < 4.78 is 13.9. The third kappa shape index (κ3) is 7.18. The van der Waals surface area contributed by atoms with Gasteiger partial charge in [0.2, 0.25) is 0 Å². The van der Waals surface area contributed by atoms with Crippen LogP contribution >= 0.6 is 11.9 Å². The lowest BCUT2D eigenvalue weighted by Gasteiger charge is -2.32. The number of hydrogen-bond acceptors (Lipinski definition) is 6.